The number of carbonyl (C=O) groups excluding carboxylic acids is 1. The fourth-order valence-corrected chi connectivity index (χ4v) is 4.05. The average Bonchev–Trinajstić information content (AvgIpc) is 3.23. The van der Waals surface area contributed by atoms with Gasteiger partial charge in [0, 0.05) is 31.2 Å². The van der Waals surface area contributed by atoms with Crippen molar-refractivity contribution in [1.82, 2.24) is 18.9 Å². The van der Waals surface area contributed by atoms with Crippen molar-refractivity contribution in [2.45, 2.75) is 11.7 Å². The van der Waals surface area contributed by atoms with E-state index >= 15 is 0 Å². The molecule has 0 fully saturated rings. The van der Waals surface area contributed by atoms with Gasteiger partial charge in [-0.2, -0.15) is 0 Å². The van der Waals surface area contributed by atoms with Gasteiger partial charge in [-0.25, -0.2) is 18.2 Å². The van der Waals surface area contributed by atoms with Gasteiger partial charge in [-0.05, 0) is 44.4 Å². The summed E-state index contributed by atoms with van der Waals surface area (Å²) < 4.78 is 32.3. The summed E-state index contributed by atoms with van der Waals surface area (Å²) in [5.41, 5.74) is 1.74. The molecule has 0 spiro atoms. The second-order valence-corrected chi connectivity index (χ2v) is 9.34. The number of rotatable bonds is 6. The summed E-state index contributed by atoms with van der Waals surface area (Å²) in [7, 11) is 0.161. The van der Waals surface area contributed by atoms with Gasteiger partial charge in [-0.1, -0.05) is 6.07 Å². The van der Waals surface area contributed by atoms with Gasteiger partial charge in [0.1, 0.15) is 0 Å². The van der Waals surface area contributed by atoms with E-state index in [1.807, 2.05) is 19.0 Å². The molecule has 0 saturated carbocycles. The van der Waals surface area contributed by atoms with Crippen LogP contribution < -0.4 is 11.1 Å². The highest BCUT2D eigenvalue weighted by Gasteiger charge is 2.23. The number of sulfone groups is 1. The lowest BCUT2D eigenvalue weighted by Gasteiger charge is -2.09. The Morgan fingerprint density at radius 2 is 1.97 bits per heavy atom. The molecule has 0 atom stereocenters. The van der Waals surface area contributed by atoms with Gasteiger partial charge in [0.15, 0.2) is 11.3 Å². The van der Waals surface area contributed by atoms with Gasteiger partial charge in [0.2, 0.25) is 15.0 Å². The molecule has 4 aromatic rings. The van der Waals surface area contributed by atoms with E-state index in [9.17, 15) is 18.0 Å². The highest BCUT2D eigenvalue weighted by Crippen LogP contribution is 2.21. The minimum atomic E-state index is -3.64. The summed E-state index contributed by atoms with van der Waals surface area (Å²) in [6.07, 6.45) is 2.58. The molecule has 10 nitrogen and oxygen atoms in total. The van der Waals surface area contributed by atoms with Gasteiger partial charge in [-0.15, -0.1) is 0 Å². The van der Waals surface area contributed by atoms with E-state index in [-0.39, 0.29) is 10.9 Å². The maximum Gasteiger partial charge on any atom is 0.419 e. The van der Waals surface area contributed by atoms with Gasteiger partial charge >= 0.3 is 5.76 Å². The Hall–Kier alpha value is -3.44. The van der Waals surface area contributed by atoms with E-state index in [0.717, 1.165) is 6.26 Å². The van der Waals surface area contributed by atoms with Crippen molar-refractivity contribution in [3.8, 4) is 0 Å². The Morgan fingerprint density at radius 1 is 1.19 bits per heavy atom. The number of nitrogens with one attached hydrogen (secondary N) is 1. The molecule has 3 heterocycles. The predicted molar refractivity (Wildman–Crippen MR) is 115 cm³/mol. The van der Waals surface area contributed by atoms with E-state index in [0.29, 0.717) is 35.4 Å². The van der Waals surface area contributed by atoms with Crippen LogP contribution in [0.2, 0.25) is 0 Å². The highest BCUT2D eigenvalue weighted by molar-refractivity contribution is 7.90. The van der Waals surface area contributed by atoms with E-state index in [4.69, 9.17) is 4.42 Å². The quantitative estimate of drug-likeness (QED) is 0.479. The first-order chi connectivity index (χ1) is 14.6. The lowest BCUT2D eigenvalue weighted by Crippen LogP contribution is -2.23. The maximum atomic E-state index is 12.9. The van der Waals surface area contributed by atoms with Crippen LogP contribution >= 0.6 is 0 Å². The van der Waals surface area contributed by atoms with Gasteiger partial charge in [0.05, 0.1) is 11.0 Å². The van der Waals surface area contributed by atoms with Crippen molar-refractivity contribution in [2.24, 2.45) is 0 Å². The zero-order valence-electron chi connectivity index (χ0n) is 17.2. The standard InChI is InChI=1S/C20H21N5O5S/c1-23(2)10-11-25-15-12-13(7-8-16(15)30-20(25)27)21-18(26)17-14-6-4-5-9-24(14)19(22-17)31(3,28)29/h4-9,12H,10-11H2,1-3H3,(H,21,26). The monoisotopic (exact) mass is 443 g/mol. The first-order valence-corrected chi connectivity index (χ1v) is 11.3. The topological polar surface area (TPSA) is 119 Å². The number of carbonyl (C=O) groups is 1. The number of amides is 1. The van der Waals surface area contributed by atoms with Crippen LogP contribution in [0.25, 0.3) is 16.6 Å². The fourth-order valence-electron chi connectivity index (χ4n) is 3.28. The zero-order chi connectivity index (χ0) is 22.3. The van der Waals surface area contributed by atoms with Crippen LogP contribution in [0.1, 0.15) is 10.5 Å². The molecule has 1 amide bonds. The first kappa shape index (κ1) is 20.8. The lowest BCUT2D eigenvalue weighted by atomic mass is 10.2. The molecule has 4 rings (SSSR count). The minimum absolute atomic E-state index is 0.0155. The Balaban J connectivity index is 1.71. The molecule has 0 aliphatic rings. The number of pyridine rings is 1. The van der Waals surface area contributed by atoms with Crippen LogP contribution in [0.5, 0.6) is 0 Å². The zero-order valence-corrected chi connectivity index (χ0v) is 18.0. The van der Waals surface area contributed by atoms with E-state index < -0.39 is 21.5 Å². The molecule has 0 aliphatic carbocycles. The second-order valence-electron chi connectivity index (χ2n) is 7.43. The second kappa shape index (κ2) is 7.67. The van der Waals surface area contributed by atoms with Gasteiger partial charge < -0.3 is 14.6 Å². The van der Waals surface area contributed by atoms with Crippen molar-refractivity contribution in [3.05, 3.63) is 58.8 Å². The summed E-state index contributed by atoms with van der Waals surface area (Å²) in [6, 6.07) is 9.82. The summed E-state index contributed by atoms with van der Waals surface area (Å²) in [6.45, 7) is 1.07. The normalized spacial score (nSPS) is 12.1. The lowest BCUT2D eigenvalue weighted by molar-refractivity contribution is 0.102. The molecule has 0 unspecified atom stereocenters. The Kier molecular flexibility index (Phi) is 5.15. The number of aromatic nitrogens is 3. The Morgan fingerprint density at radius 3 is 2.68 bits per heavy atom. The van der Waals surface area contributed by atoms with Crippen LogP contribution in [-0.2, 0) is 16.4 Å². The number of hydrogen-bond donors (Lipinski definition) is 1. The number of nitrogens with zero attached hydrogens (tertiary/aromatic N) is 4. The van der Waals surface area contributed by atoms with Crippen LogP contribution in [0.3, 0.4) is 0 Å². The molecule has 162 valence electrons. The van der Waals surface area contributed by atoms with Crippen LogP contribution in [-0.4, -0.2) is 60.1 Å². The molecule has 0 bridgehead atoms. The minimum Gasteiger partial charge on any atom is -0.408 e. The average molecular weight is 443 g/mol. The molecular weight excluding hydrogens is 422 g/mol. The Bertz CT molecular complexity index is 1460. The SMILES string of the molecule is CN(C)CCn1c(=O)oc2ccc(NC(=O)c3nc(S(C)(=O)=O)n4ccccc34)cc21. The van der Waals surface area contributed by atoms with Crippen LogP contribution in [0.15, 0.2) is 57.0 Å². The van der Waals surface area contributed by atoms with Crippen molar-refractivity contribution in [1.29, 1.82) is 0 Å². The van der Waals surface area contributed by atoms with Crippen molar-refractivity contribution in [3.63, 3.8) is 0 Å². The number of hydrogen-bond acceptors (Lipinski definition) is 7. The number of imidazole rings is 1. The smallest absolute Gasteiger partial charge is 0.408 e. The maximum absolute atomic E-state index is 12.9. The van der Waals surface area contributed by atoms with Crippen molar-refractivity contribution >= 4 is 38.0 Å². The number of fused-ring (bicyclic) bond motifs is 2. The summed E-state index contributed by atoms with van der Waals surface area (Å²) in [5.74, 6) is -1.04. The molecule has 3 aromatic heterocycles. The summed E-state index contributed by atoms with van der Waals surface area (Å²) >= 11 is 0. The third-order valence-corrected chi connectivity index (χ3v) is 5.71. The molecule has 1 N–H and O–H groups in total. The number of likely N-dealkylation sites (N-methyl/N-ethyl adjacent to an activating group) is 1. The van der Waals surface area contributed by atoms with Crippen molar-refractivity contribution < 1.29 is 17.6 Å². The van der Waals surface area contributed by atoms with Gasteiger partial charge in [-0.3, -0.25) is 13.8 Å². The molecule has 0 aliphatic heterocycles. The number of oxazole rings is 1. The fraction of sp³-hybridized carbons (Fsp3) is 0.250. The van der Waals surface area contributed by atoms with Gasteiger partial charge in [0.25, 0.3) is 5.91 Å². The van der Waals surface area contributed by atoms with E-state index in [1.54, 1.807) is 36.4 Å². The van der Waals surface area contributed by atoms with Crippen LogP contribution in [0, 0.1) is 0 Å². The summed E-state index contributed by atoms with van der Waals surface area (Å²) in [5, 5.41) is 2.52. The molecule has 0 saturated heterocycles. The Labute approximate surface area is 177 Å². The molecular formula is C20H21N5O5S. The van der Waals surface area contributed by atoms with E-state index in [1.165, 1.54) is 15.2 Å². The largest absolute Gasteiger partial charge is 0.419 e. The highest BCUT2D eigenvalue weighted by atomic mass is 32.2. The number of anilines is 1. The molecule has 0 radical (unpaired) electrons. The summed E-state index contributed by atoms with van der Waals surface area (Å²) in [4.78, 5) is 31.1. The third-order valence-electron chi connectivity index (χ3n) is 4.76. The number of benzene rings is 1. The molecule has 1 aromatic carbocycles. The first-order valence-electron chi connectivity index (χ1n) is 9.42. The predicted octanol–water partition coefficient (Wildman–Crippen LogP) is 1.46. The third kappa shape index (κ3) is 3.97. The molecule has 31 heavy (non-hydrogen) atoms. The van der Waals surface area contributed by atoms with Crippen molar-refractivity contribution in [2.75, 3.05) is 32.2 Å². The molecule has 11 heteroatoms. The van der Waals surface area contributed by atoms with Crippen LogP contribution in [0.4, 0.5) is 5.69 Å². The van der Waals surface area contributed by atoms with E-state index in [2.05, 4.69) is 10.3 Å².